The van der Waals surface area contributed by atoms with Crippen molar-refractivity contribution in [3.05, 3.63) is 71.3 Å². The van der Waals surface area contributed by atoms with E-state index in [0.717, 1.165) is 16.7 Å². The number of nitrogens with two attached hydrogens (primary N) is 1. The number of halogens is 1. The summed E-state index contributed by atoms with van der Waals surface area (Å²) in [5.41, 5.74) is 8.59. The fourth-order valence-electron chi connectivity index (χ4n) is 1.81. The van der Waals surface area contributed by atoms with Crippen molar-refractivity contribution in [2.75, 3.05) is 0 Å². The van der Waals surface area contributed by atoms with Crippen molar-refractivity contribution >= 4 is 18.5 Å². The Labute approximate surface area is 130 Å². The number of rotatable bonds is 5. The zero-order chi connectivity index (χ0) is 14.2. The molecule has 1 amide bonds. The van der Waals surface area contributed by atoms with Gasteiger partial charge in [0.2, 0.25) is 0 Å². The molecule has 2 rings (SSSR count). The molecule has 112 valence electrons. The van der Waals surface area contributed by atoms with Gasteiger partial charge in [-0.25, -0.2) is 4.79 Å². The normalized spacial score (nSPS) is 9.57. The Bertz CT molecular complexity index is 561. The molecule has 5 heteroatoms. The Morgan fingerprint density at radius 3 is 2.38 bits per heavy atom. The van der Waals surface area contributed by atoms with E-state index in [1.165, 1.54) is 0 Å². The van der Waals surface area contributed by atoms with E-state index in [2.05, 4.69) is 5.32 Å². The van der Waals surface area contributed by atoms with Crippen molar-refractivity contribution in [2.24, 2.45) is 5.73 Å². The molecule has 0 aliphatic heterocycles. The van der Waals surface area contributed by atoms with Crippen LogP contribution in [0, 0.1) is 0 Å². The lowest BCUT2D eigenvalue weighted by Gasteiger charge is -2.08. The van der Waals surface area contributed by atoms with Gasteiger partial charge in [-0.15, -0.1) is 12.4 Å². The second-order valence-corrected chi connectivity index (χ2v) is 4.44. The van der Waals surface area contributed by atoms with Crippen molar-refractivity contribution in [1.82, 2.24) is 5.32 Å². The second kappa shape index (κ2) is 9.00. The monoisotopic (exact) mass is 306 g/mol. The molecular formula is C16H19ClN2O2. The minimum atomic E-state index is -0.424. The van der Waals surface area contributed by atoms with E-state index in [4.69, 9.17) is 10.5 Å². The van der Waals surface area contributed by atoms with Crippen LogP contribution in [0.1, 0.15) is 16.7 Å². The zero-order valence-electron chi connectivity index (χ0n) is 11.6. The van der Waals surface area contributed by atoms with Gasteiger partial charge >= 0.3 is 6.09 Å². The van der Waals surface area contributed by atoms with Crippen LogP contribution in [0.25, 0.3) is 0 Å². The number of hydrogen-bond acceptors (Lipinski definition) is 3. The number of ether oxygens (including phenoxy) is 1. The molecule has 0 heterocycles. The van der Waals surface area contributed by atoms with Crippen LogP contribution in [0.5, 0.6) is 0 Å². The molecule has 0 spiro atoms. The van der Waals surface area contributed by atoms with Gasteiger partial charge in [0, 0.05) is 13.1 Å². The number of carbonyl (C=O) groups is 1. The average molecular weight is 307 g/mol. The fourth-order valence-corrected chi connectivity index (χ4v) is 1.81. The molecule has 2 aromatic carbocycles. The topological polar surface area (TPSA) is 64.3 Å². The minimum absolute atomic E-state index is 0. The Hall–Kier alpha value is -2.04. The van der Waals surface area contributed by atoms with Gasteiger partial charge in [0.05, 0.1) is 0 Å². The molecule has 0 aromatic heterocycles. The summed E-state index contributed by atoms with van der Waals surface area (Å²) in [6.45, 7) is 1.20. The maximum atomic E-state index is 11.6. The summed E-state index contributed by atoms with van der Waals surface area (Å²) in [6, 6.07) is 17.4. The van der Waals surface area contributed by atoms with Crippen LogP contribution in [-0.2, 0) is 24.4 Å². The molecule has 0 saturated carbocycles. The van der Waals surface area contributed by atoms with E-state index in [1.54, 1.807) is 0 Å². The number of benzene rings is 2. The quantitative estimate of drug-likeness (QED) is 0.892. The van der Waals surface area contributed by atoms with Crippen LogP contribution in [0.2, 0.25) is 0 Å². The van der Waals surface area contributed by atoms with Crippen molar-refractivity contribution in [3.8, 4) is 0 Å². The Kier molecular flexibility index (Phi) is 7.29. The molecule has 0 atom stereocenters. The predicted molar refractivity (Wildman–Crippen MR) is 85.0 cm³/mol. The molecule has 21 heavy (non-hydrogen) atoms. The lowest BCUT2D eigenvalue weighted by atomic mass is 10.1. The third-order valence-corrected chi connectivity index (χ3v) is 2.88. The highest BCUT2D eigenvalue weighted by molar-refractivity contribution is 5.85. The van der Waals surface area contributed by atoms with Gasteiger partial charge in [-0.2, -0.15) is 0 Å². The van der Waals surface area contributed by atoms with E-state index in [-0.39, 0.29) is 19.0 Å². The Morgan fingerprint density at radius 1 is 1.00 bits per heavy atom. The summed E-state index contributed by atoms with van der Waals surface area (Å²) >= 11 is 0. The van der Waals surface area contributed by atoms with Crippen molar-refractivity contribution < 1.29 is 9.53 Å². The van der Waals surface area contributed by atoms with Gasteiger partial charge in [-0.05, 0) is 16.7 Å². The standard InChI is InChI=1S/C16H18N2O2.ClH/c17-10-14-7-4-8-15(9-14)11-18-16(19)20-12-13-5-2-1-3-6-13;/h1-9H,10-12,17H2,(H,18,19);1H. The van der Waals surface area contributed by atoms with E-state index < -0.39 is 6.09 Å². The molecule has 0 aliphatic rings. The SMILES string of the molecule is Cl.NCc1cccc(CNC(=O)OCc2ccccc2)c1. The molecule has 0 aliphatic carbocycles. The minimum Gasteiger partial charge on any atom is -0.445 e. The first-order valence-electron chi connectivity index (χ1n) is 6.50. The smallest absolute Gasteiger partial charge is 0.407 e. The third-order valence-electron chi connectivity index (χ3n) is 2.88. The van der Waals surface area contributed by atoms with Gasteiger partial charge in [0.1, 0.15) is 6.61 Å². The summed E-state index contributed by atoms with van der Waals surface area (Å²) in [5.74, 6) is 0. The van der Waals surface area contributed by atoms with Crippen LogP contribution in [0.4, 0.5) is 4.79 Å². The van der Waals surface area contributed by atoms with E-state index >= 15 is 0 Å². The number of hydrogen-bond donors (Lipinski definition) is 2. The number of carbonyl (C=O) groups excluding carboxylic acids is 1. The third kappa shape index (κ3) is 5.85. The lowest BCUT2D eigenvalue weighted by Crippen LogP contribution is -2.23. The van der Waals surface area contributed by atoms with E-state index in [0.29, 0.717) is 13.1 Å². The maximum absolute atomic E-state index is 11.6. The first-order valence-corrected chi connectivity index (χ1v) is 6.50. The van der Waals surface area contributed by atoms with Crippen molar-refractivity contribution in [3.63, 3.8) is 0 Å². The highest BCUT2D eigenvalue weighted by Crippen LogP contribution is 2.05. The Morgan fingerprint density at radius 2 is 1.67 bits per heavy atom. The lowest BCUT2D eigenvalue weighted by molar-refractivity contribution is 0.139. The molecule has 4 nitrogen and oxygen atoms in total. The average Bonchev–Trinajstić information content (AvgIpc) is 2.52. The van der Waals surface area contributed by atoms with Crippen LogP contribution < -0.4 is 11.1 Å². The highest BCUT2D eigenvalue weighted by atomic mass is 35.5. The van der Waals surface area contributed by atoms with Crippen LogP contribution in [0.15, 0.2) is 54.6 Å². The molecular weight excluding hydrogens is 288 g/mol. The zero-order valence-corrected chi connectivity index (χ0v) is 12.4. The van der Waals surface area contributed by atoms with Crippen molar-refractivity contribution in [2.45, 2.75) is 19.7 Å². The van der Waals surface area contributed by atoms with Gasteiger partial charge in [-0.3, -0.25) is 0 Å². The Balaban J connectivity index is 0.00000220. The molecule has 2 aromatic rings. The van der Waals surface area contributed by atoms with E-state index in [1.807, 2.05) is 54.6 Å². The maximum Gasteiger partial charge on any atom is 0.407 e. The number of nitrogens with one attached hydrogen (secondary N) is 1. The van der Waals surface area contributed by atoms with E-state index in [9.17, 15) is 4.79 Å². The predicted octanol–water partition coefficient (Wildman–Crippen LogP) is 2.99. The summed E-state index contributed by atoms with van der Waals surface area (Å²) in [7, 11) is 0. The van der Waals surface area contributed by atoms with Crippen LogP contribution >= 0.6 is 12.4 Å². The van der Waals surface area contributed by atoms with Gasteiger partial charge < -0.3 is 15.8 Å². The molecule has 3 N–H and O–H groups in total. The molecule has 0 fully saturated rings. The first-order chi connectivity index (χ1) is 9.78. The molecule has 0 radical (unpaired) electrons. The van der Waals surface area contributed by atoms with Crippen LogP contribution in [0.3, 0.4) is 0 Å². The van der Waals surface area contributed by atoms with Gasteiger partial charge in [0.25, 0.3) is 0 Å². The summed E-state index contributed by atoms with van der Waals surface area (Å²) in [6.07, 6.45) is -0.424. The second-order valence-electron chi connectivity index (χ2n) is 4.44. The first kappa shape index (κ1) is 17.0. The summed E-state index contributed by atoms with van der Waals surface area (Å²) < 4.78 is 5.13. The number of alkyl carbamates (subject to hydrolysis) is 1. The summed E-state index contributed by atoms with van der Waals surface area (Å²) in [4.78, 5) is 11.6. The van der Waals surface area contributed by atoms with Gasteiger partial charge in [-0.1, -0.05) is 54.6 Å². The molecule has 0 saturated heterocycles. The number of amides is 1. The molecule has 0 unspecified atom stereocenters. The molecule has 0 bridgehead atoms. The largest absolute Gasteiger partial charge is 0.445 e. The summed E-state index contributed by atoms with van der Waals surface area (Å²) in [5, 5.41) is 2.72. The van der Waals surface area contributed by atoms with Gasteiger partial charge in [0.15, 0.2) is 0 Å². The fraction of sp³-hybridized carbons (Fsp3) is 0.188. The van der Waals surface area contributed by atoms with Crippen LogP contribution in [-0.4, -0.2) is 6.09 Å². The highest BCUT2D eigenvalue weighted by Gasteiger charge is 2.03. The van der Waals surface area contributed by atoms with Crippen molar-refractivity contribution in [1.29, 1.82) is 0 Å².